The number of morpholine rings is 1. The van der Waals surface area contributed by atoms with Gasteiger partial charge in [-0.2, -0.15) is 0 Å². The largest absolute Gasteiger partial charge is 0.367 e. The average Bonchev–Trinajstić information content (AvgIpc) is 3.32. The van der Waals surface area contributed by atoms with Crippen LogP contribution in [0.2, 0.25) is 0 Å². The molecule has 1 saturated carbocycles. The molecule has 1 aliphatic carbocycles. The molecule has 2 unspecified atom stereocenters. The molecule has 0 radical (unpaired) electrons. The van der Waals surface area contributed by atoms with Crippen LogP contribution in [0.4, 0.5) is 0 Å². The van der Waals surface area contributed by atoms with E-state index >= 15 is 0 Å². The zero-order valence-electron chi connectivity index (χ0n) is 11.0. The first-order valence-corrected chi connectivity index (χ1v) is 7.25. The predicted octanol–water partition coefficient (Wildman–Crippen LogP) is 3.28. The molecule has 1 saturated heterocycles. The summed E-state index contributed by atoms with van der Waals surface area (Å²) in [6.07, 6.45) is 3.32. The molecule has 2 heteroatoms. The highest BCUT2D eigenvalue weighted by molar-refractivity contribution is 5.83. The molecule has 4 rings (SSSR count). The van der Waals surface area contributed by atoms with Crippen molar-refractivity contribution < 1.29 is 4.74 Å². The SMILES string of the molecule is c1ccc2cc(C3CNCC(C4CC4)O3)ccc2c1. The van der Waals surface area contributed by atoms with Gasteiger partial charge in [-0.1, -0.05) is 36.4 Å². The molecule has 1 N–H and O–H groups in total. The summed E-state index contributed by atoms with van der Waals surface area (Å²) in [7, 11) is 0. The van der Waals surface area contributed by atoms with E-state index in [0.29, 0.717) is 6.10 Å². The van der Waals surface area contributed by atoms with Crippen LogP contribution in [0.1, 0.15) is 24.5 Å². The van der Waals surface area contributed by atoms with Crippen molar-refractivity contribution >= 4 is 10.8 Å². The van der Waals surface area contributed by atoms with Crippen LogP contribution in [0.25, 0.3) is 10.8 Å². The molecule has 2 atom stereocenters. The maximum atomic E-state index is 6.28. The van der Waals surface area contributed by atoms with Gasteiger partial charge in [0.1, 0.15) is 0 Å². The maximum Gasteiger partial charge on any atom is 0.0954 e. The fraction of sp³-hybridized carbons (Fsp3) is 0.412. The van der Waals surface area contributed by atoms with E-state index in [4.69, 9.17) is 4.74 Å². The lowest BCUT2D eigenvalue weighted by Crippen LogP contribution is -2.41. The molecule has 2 nitrogen and oxygen atoms in total. The standard InChI is InChI=1S/C17H19NO/c1-2-4-14-9-15(8-5-12(14)3-1)17-11-18-10-16(19-17)13-6-7-13/h1-5,8-9,13,16-18H,6-7,10-11H2. The first-order valence-electron chi connectivity index (χ1n) is 7.25. The van der Waals surface area contributed by atoms with Crippen molar-refractivity contribution in [1.82, 2.24) is 5.32 Å². The number of benzene rings is 2. The fourth-order valence-corrected chi connectivity index (χ4v) is 3.01. The second kappa shape index (κ2) is 4.62. The van der Waals surface area contributed by atoms with Gasteiger partial charge in [0.05, 0.1) is 12.2 Å². The van der Waals surface area contributed by atoms with Gasteiger partial charge in [0, 0.05) is 13.1 Å². The molecule has 19 heavy (non-hydrogen) atoms. The second-order valence-electron chi connectivity index (χ2n) is 5.77. The van der Waals surface area contributed by atoms with Crippen LogP contribution in [0.5, 0.6) is 0 Å². The van der Waals surface area contributed by atoms with Crippen molar-refractivity contribution in [1.29, 1.82) is 0 Å². The zero-order valence-corrected chi connectivity index (χ0v) is 11.0. The molecular weight excluding hydrogens is 234 g/mol. The monoisotopic (exact) mass is 253 g/mol. The van der Waals surface area contributed by atoms with Crippen LogP contribution in [-0.4, -0.2) is 19.2 Å². The van der Waals surface area contributed by atoms with Gasteiger partial charge < -0.3 is 10.1 Å². The molecular formula is C17H19NO. The van der Waals surface area contributed by atoms with Crippen LogP contribution < -0.4 is 5.32 Å². The second-order valence-corrected chi connectivity index (χ2v) is 5.77. The Labute approximate surface area is 113 Å². The van der Waals surface area contributed by atoms with Gasteiger partial charge in [0.2, 0.25) is 0 Å². The maximum absolute atomic E-state index is 6.28. The van der Waals surface area contributed by atoms with Crippen LogP contribution in [-0.2, 0) is 4.74 Å². The van der Waals surface area contributed by atoms with Crippen molar-refractivity contribution in [3.63, 3.8) is 0 Å². The minimum absolute atomic E-state index is 0.212. The molecule has 2 aromatic rings. The van der Waals surface area contributed by atoms with Crippen molar-refractivity contribution in [3.05, 3.63) is 48.0 Å². The summed E-state index contributed by atoms with van der Waals surface area (Å²) < 4.78 is 6.28. The highest BCUT2D eigenvalue weighted by atomic mass is 16.5. The Balaban J connectivity index is 1.61. The summed E-state index contributed by atoms with van der Waals surface area (Å²) in [5, 5.41) is 6.13. The van der Waals surface area contributed by atoms with Crippen LogP contribution in [0.3, 0.4) is 0 Å². The molecule has 0 bridgehead atoms. The highest BCUT2D eigenvalue weighted by Gasteiger charge is 2.35. The minimum atomic E-state index is 0.212. The molecule has 0 aromatic heterocycles. The van der Waals surface area contributed by atoms with Gasteiger partial charge in [-0.3, -0.25) is 0 Å². The van der Waals surface area contributed by atoms with E-state index in [9.17, 15) is 0 Å². The van der Waals surface area contributed by atoms with Gasteiger partial charge in [0.25, 0.3) is 0 Å². The Morgan fingerprint density at radius 3 is 2.63 bits per heavy atom. The zero-order chi connectivity index (χ0) is 12.7. The molecule has 0 amide bonds. The summed E-state index contributed by atoms with van der Waals surface area (Å²) in [5.74, 6) is 0.802. The van der Waals surface area contributed by atoms with Crippen LogP contribution >= 0.6 is 0 Å². The number of fused-ring (bicyclic) bond motifs is 1. The number of nitrogens with one attached hydrogen (secondary N) is 1. The lowest BCUT2D eigenvalue weighted by Gasteiger charge is -2.31. The molecule has 2 aliphatic rings. The van der Waals surface area contributed by atoms with Gasteiger partial charge in [-0.25, -0.2) is 0 Å². The lowest BCUT2D eigenvalue weighted by atomic mass is 10.0. The fourth-order valence-electron chi connectivity index (χ4n) is 3.01. The summed E-state index contributed by atoms with van der Waals surface area (Å²) >= 11 is 0. The first kappa shape index (κ1) is 11.4. The third kappa shape index (κ3) is 2.26. The third-order valence-electron chi connectivity index (χ3n) is 4.31. The molecule has 1 heterocycles. The third-order valence-corrected chi connectivity index (χ3v) is 4.31. The van der Waals surface area contributed by atoms with Crippen molar-refractivity contribution in [2.24, 2.45) is 5.92 Å². The molecule has 2 aromatic carbocycles. The van der Waals surface area contributed by atoms with Gasteiger partial charge in [-0.15, -0.1) is 0 Å². The van der Waals surface area contributed by atoms with E-state index < -0.39 is 0 Å². The van der Waals surface area contributed by atoms with E-state index in [1.807, 2.05) is 0 Å². The highest BCUT2D eigenvalue weighted by Crippen LogP contribution is 2.38. The number of hydrogen-bond acceptors (Lipinski definition) is 2. The van der Waals surface area contributed by atoms with E-state index in [0.717, 1.165) is 19.0 Å². The van der Waals surface area contributed by atoms with E-state index in [-0.39, 0.29) is 6.10 Å². The minimum Gasteiger partial charge on any atom is -0.367 e. The number of ether oxygens (including phenoxy) is 1. The molecule has 1 aliphatic heterocycles. The molecule has 0 spiro atoms. The Morgan fingerprint density at radius 1 is 0.947 bits per heavy atom. The van der Waals surface area contributed by atoms with Crippen molar-refractivity contribution in [2.45, 2.75) is 25.0 Å². The van der Waals surface area contributed by atoms with Crippen LogP contribution in [0.15, 0.2) is 42.5 Å². The van der Waals surface area contributed by atoms with E-state index in [1.165, 1.54) is 29.2 Å². The molecule has 2 fully saturated rings. The number of hydrogen-bond donors (Lipinski definition) is 1. The van der Waals surface area contributed by atoms with Crippen molar-refractivity contribution in [3.8, 4) is 0 Å². The van der Waals surface area contributed by atoms with Gasteiger partial charge in [0.15, 0.2) is 0 Å². The smallest absolute Gasteiger partial charge is 0.0954 e. The Morgan fingerprint density at radius 2 is 1.79 bits per heavy atom. The Hall–Kier alpha value is -1.38. The van der Waals surface area contributed by atoms with Crippen molar-refractivity contribution in [2.75, 3.05) is 13.1 Å². The summed E-state index contributed by atoms with van der Waals surface area (Å²) in [4.78, 5) is 0. The topological polar surface area (TPSA) is 21.3 Å². The van der Waals surface area contributed by atoms with Gasteiger partial charge in [-0.05, 0) is 41.2 Å². The lowest BCUT2D eigenvalue weighted by molar-refractivity contribution is -0.0493. The predicted molar refractivity (Wildman–Crippen MR) is 77.2 cm³/mol. The summed E-state index contributed by atoms with van der Waals surface area (Å²) in [5.41, 5.74) is 1.30. The van der Waals surface area contributed by atoms with E-state index in [2.05, 4.69) is 47.8 Å². The quantitative estimate of drug-likeness (QED) is 0.887. The summed E-state index contributed by atoms with van der Waals surface area (Å²) in [6.45, 7) is 1.95. The molecule has 98 valence electrons. The normalized spacial score (nSPS) is 27.6. The van der Waals surface area contributed by atoms with Gasteiger partial charge >= 0.3 is 0 Å². The Bertz CT molecular complexity index is 591. The number of rotatable bonds is 2. The van der Waals surface area contributed by atoms with Crippen LogP contribution in [0, 0.1) is 5.92 Å². The Kier molecular flexibility index (Phi) is 2.78. The van der Waals surface area contributed by atoms with E-state index in [1.54, 1.807) is 0 Å². The summed E-state index contributed by atoms with van der Waals surface area (Å²) in [6, 6.07) is 15.2. The first-order chi connectivity index (χ1) is 9.40. The average molecular weight is 253 g/mol.